The Labute approximate surface area is 65.0 Å². The monoisotopic (exact) mass is 151 g/mol. The molecular formula is C8H9NO2. The molecule has 0 aliphatic rings. The molecule has 0 unspecified atom stereocenters. The first-order chi connectivity index (χ1) is 5.27. The van der Waals surface area contributed by atoms with Crippen LogP contribution in [0.25, 0.3) is 6.08 Å². The first kappa shape index (κ1) is 7.60. The third-order valence-electron chi connectivity index (χ3n) is 1.32. The van der Waals surface area contributed by atoms with Gasteiger partial charge < -0.3 is 9.84 Å². The van der Waals surface area contributed by atoms with Gasteiger partial charge in [-0.2, -0.15) is 0 Å². The number of nitrogens with zero attached hydrogens (tertiary/aromatic N) is 1. The van der Waals surface area contributed by atoms with Crippen LogP contribution >= 0.6 is 0 Å². The number of hydrogen-bond acceptors (Lipinski definition) is 3. The lowest BCUT2D eigenvalue weighted by atomic mass is 10.2. The molecule has 0 saturated heterocycles. The average Bonchev–Trinajstić information content (AvgIpc) is 2.04. The third-order valence-corrected chi connectivity index (χ3v) is 1.32. The van der Waals surface area contributed by atoms with Crippen molar-refractivity contribution in [2.45, 2.75) is 0 Å². The van der Waals surface area contributed by atoms with Gasteiger partial charge in [0.1, 0.15) is 5.75 Å². The van der Waals surface area contributed by atoms with Crippen molar-refractivity contribution in [2.24, 2.45) is 0 Å². The summed E-state index contributed by atoms with van der Waals surface area (Å²) < 4.78 is 4.79. The maximum atomic E-state index is 9.23. The summed E-state index contributed by atoms with van der Waals surface area (Å²) in [5, 5.41) is 9.23. The van der Waals surface area contributed by atoms with Gasteiger partial charge >= 0.3 is 0 Å². The van der Waals surface area contributed by atoms with Gasteiger partial charge in [0, 0.05) is 17.8 Å². The van der Waals surface area contributed by atoms with Crippen LogP contribution in [-0.2, 0) is 0 Å². The van der Waals surface area contributed by atoms with E-state index in [-0.39, 0.29) is 5.75 Å². The predicted molar refractivity (Wildman–Crippen MR) is 42.5 cm³/mol. The molecule has 1 heterocycles. The molecule has 0 fully saturated rings. The molecule has 0 saturated carbocycles. The number of ether oxygens (including phenoxy) is 1. The first-order valence-corrected chi connectivity index (χ1v) is 3.13. The maximum absolute atomic E-state index is 9.23. The summed E-state index contributed by atoms with van der Waals surface area (Å²) in [6.45, 7) is 3.51. The highest BCUT2D eigenvalue weighted by molar-refractivity contribution is 5.54. The molecule has 3 nitrogen and oxygen atoms in total. The first-order valence-electron chi connectivity index (χ1n) is 3.13. The lowest BCUT2D eigenvalue weighted by molar-refractivity contribution is 0.391. The minimum atomic E-state index is 0.131. The van der Waals surface area contributed by atoms with Crippen molar-refractivity contribution in [1.82, 2.24) is 4.98 Å². The van der Waals surface area contributed by atoms with Gasteiger partial charge in [-0.3, -0.25) is 0 Å². The number of hydrogen-bond donors (Lipinski definition) is 1. The smallest absolute Gasteiger partial charge is 0.216 e. The van der Waals surface area contributed by atoms with E-state index in [2.05, 4.69) is 11.6 Å². The number of pyridine rings is 1. The lowest BCUT2D eigenvalue weighted by Gasteiger charge is -2.00. The molecule has 3 heteroatoms. The molecule has 0 atom stereocenters. The summed E-state index contributed by atoms with van der Waals surface area (Å²) in [6, 6.07) is 1.44. The van der Waals surface area contributed by atoms with Crippen LogP contribution in [0.5, 0.6) is 11.6 Å². The van der Waals surface area contributed by atoms with Gasteiger partial charge in [-0.1, -0.05) is 12.7 Å². The molecule has 0 amide bonds. The summed E-state index contributed by atoms with van der Waals surface area (Å²) in [5.74, 6) is 0.528. The van der Waals surface area contributed by atoms with Crippen LogP contribution in [0.2, 0.25) is 0 Å². The van der Waals surface area contributed by atoms with Gasteiger partial charge in [0.15, 0.2) is 0 Å². The Kier molecular flexibility index (Phi) is 2.11. The molecule has 0 aromatic carbocycles. The Morgan fingerprint density at radius 3 is 2.91 bits per heavy atom. The molecule has 11 heavy (non-hydrogen) atoms. The molecule has 1 aromatic rings. The largest absolute Gasteiger partial charge is 0.507 e. The summed E-state index contributed by atoms with van der Waals surface area (Å²) in [4.78, 5) is 3.88. The van der Waals surface area contributed by atoms with Crippen LogP contribution in [-0.4, -0.2) is 17.2 Å². The Hall–Kier alpha value is -1.51. The van der Waals surface area contributed by atoms with E-state index in [0.717, 1.165) is 0 Å². The van der Waals surface area contributed by atoms with Crippen LogP contribution < -0.4 is 4.74 Å². The molecule has 0 aliphatic heterocycles. The van der Waals surface area contributed by atoms with E-state index in [4.69, 9.17) is 4.74 Å². The minimum absolute atomic E-state index is 0.131. The minimum Gasteiger partial charge on any atom is -0.507 e. The third kappa shape index (κ3) is 1.49. The van der Waals surface area contributed by atoms with Gasteiger partial charge in [-0.05, 0) is 0 Å². The van der Waals surface area contributed by atoms with E-state index in [1.54, 1.807) is 0 Å². The van der Waals surface area contributed by atoms with Crippen molar-refractivity contribution >= 4 is 6.08 Å². The molecule has 0 aliphatic carbocycles. The van der Waals surface area contributed by atoms with Gasteiger partial charge in [-0.25, -0.2) is 4.98 Å². The molecule has 0 radical (unpaired) electrons. The van der Waals surface area contributed by atoms with Crippen molar-refractivity contribution in [2.75, 3.05) is 7.11 Å². The predicted octanol–water partition coefficient (Wildman–Crippen LogP) is 1.44. The fourth-order valence-electron chi connectivity index (χ4n) is 0.706. The Bertz CT molecular complexity index is 271. The van der Waals surface area contributed by atoms with Crippen molar-refractivity contribution in [1.29, 1.82) is 0 Å². The quantitative estimate of drug-likeness (QED) is 0.695. The van der Waals surface area contributed by atoms with E-state index in [1.165, 1.54) is 25.4 Å². The molecule has 1 rings (SSSR count). The van der Waals surface area contributed by atoms with Crippen molar-refractivity contribution in [3.05, 3.63) is 24.4 Å². The topological polar surface area (TPSA) is 42.4 Å². The van der Waals surface area contributed by atoms with E-state index in [0.29, 0.717) is 11.4 Å². The van der Waals surface area contributed by atoms with E-state index < -0.39 is 0 Å². The second kappa shape index (κ2) is 3.05. The molecule has 58 valence electrons. The summed E-state index contributed by atoms with van der Waals surface area (Å²) in [6.07, 6.45) is 3.03. The normalized spacial score (nSPS) is 9.18. The van der Waals surface area contributed by atoms with Gasteiger partial charge in [0.2, 0.25) is 5.88 Å². The van der Waals surface area contributed by atoms with Crippen LogP contribution in [0.4, 0.5) is 0 Å². The van der Waals surface area contributed by atoms with Gasteiger partial charge in [-0.15, -0.1) is 0 Å². The maximum Gasteiger partial charge on any atom is 0.216 e. The summed E-state index contributed by atoms with van der Waals surface area (Å²) in [5.41, 5.74) is 0.603. The van der Waals surface area contributed by atoms with Gasteiger partial charge in [0.25, 0.3) is 0 Å². The van der Waals surface area contributed by atoms with E-state index >= 15 is 0 Å². The fourth-order valence-corrected chi connectivity index (χ4v) is 0.706. The molecule has 0 bridgehead atoms. The number of rotatable bonds is 2. The molecule has 1 aromatic heterocycles. The van der Waals surface area contributed by atoms with Crippen molar-refractivity contribution in [3.63, 3.8) is 0 Å². The molecule has 1 N–H and O–H groups in total. The molecule has 0 spiro atoms. The molecular weight excluding hydrogens is 142 g/mol. The van der Waals surface area contributed by atoms with E-state index in [1.807, 2.05) is 0 Å². The number of methoxy groups -OCH3 is 1. The number of aromatic hydroxyl groups is 1. The lowest BCUT2D eigenvalue weighted by Crippen LogP contribution is -1.87. The fraction of sp³-hybridized carbons (Fsp3) is 0.125. The average molecular weight is 151 g/mol. The van der Waals surface area contributed by atoms with Crippen LogP contribution in [0.3, 0.4) is 0 Å². The highest BCUT2D eigenvalue weighted by Crippen LogP contribution is 2.20. The summed E-state index contributed by atoms with van der Waals surface area (Å²) >= 11 is 0. The van der Waals surface area contributed by atoms with Crippen LogP contribution in [0.1, 0.15) is 5.56 Å². The summed E-state index contributed by atoms with van der Waals surface area (Å²) in [7, 11) is 1.50. The zero-order valence-corrected chi connectivity index (χ0v) is 6.24. The Balaban J connectivity index is 3.09. The van der Waals surface area contributed by atoms with Crippen molar-refractivity contribution in [3.8, 4) is 11.6 Å². The Morgan fingerprint density at radius 2 is 2.45 bits per heavy atom. The van der Waals surface area contributed by atoms with Crippen LogP contribution in [0.15, 0.2) is 18.8 Å². The van der Waals surface area contributed by atoms with Crippen molar-refractivity contribution < 1.29 is 9.84 Å². The highest BCUT2D eigenvalue weighted by atomic mass is 16.5. The Morgan fingerprint density at radius 1 is 1.73 bits per heavy atom. The standard InChI is InChI=1S/C8H9NO2/c1-3-6-5-9-8(11-2)4-7(6)10/h3-5H,1H2,2H3,(H,9,10). The van der Waals surface area contributed by atoms with Gasteiger partial charge in [0.05, 0.1) is 7.11 Å². The van der Waals surface area contributed by atoms with Crippen LogP contribution in [0, 0.1) is 0 Å². The second-order valence-electron chi connectivity index (χ2n) is 1.99. The highest BCUT2D eigenvalue weighted by Gasteiger charge is 1.99. The number of aromatic nitrogens is 1. The zero-order chi connectivity index (χ0) is 8.27. The zero-order valence-electron chi connectivity index (χ0n) is 6.24. The second-order valence-corrected chi connectivity index (χ2v) is 1.99. The SMILES string of the molecule is C=Cc1cnc(OC)cc1O. The van der Waals surface area contributed by atoms with E-state index in [9.17, 15) is 5.11 Å².